The molecule has 2 rings (SSSR count). The molecular weight excluding hydrogens is 322 g/mol. The van der Waals surface area contributed by atoms with Crippen LogP contribution in [0.25, 0.3) is 0 Å². The molecular formula is C15H14BrNO3. The molecule has 0 aromatic heterocycles. The third-order valence-electron chi connectivity index (χ3n) is 2.76. The smallest absolute Gasteiger partial charge is 0.249 e. The number of carbonyl (C=O) groups excluding carboxylic acids is 1. The fourth-order valence-electron chi connectivity index (χ4n) is 1.73. The van der Waals surface area contributed by atoms with Crippen LogP contribution in [0.5, 0.6) is 11.5 Å². The Hall–Kier alpha value is -2.01. The zero-order valence-electron chi connectivity index (χ0n) is 10.9. The van der Waals surface area contributed by atoms with Gasteiger partial charge in [-0.3, -0.25) is 4.79 Å². The molecule has 2 N–H and O–H groups in total. The fraction of sp³-hybridized carbons (Fsp3) is 0.133. The average molecular weight is 336 g/mol. The Balaban J connectivity index is 2.25. The van der Waals surface area contributed by atoms with Crippen LogP contribution in [0.3, 0.4) is 0 Å². The van der Waals surface area contributed by atoms with Crippen molar-refractivity contribution in [1.82, 2.24) is 0 Å². The van der Waals surface area contributed by atoms with E-state index in [4.69, 9.17) is 15.2 Å². The van der Waals surface area contributed by atoms with Gasteiger partial charge in [-0.2, -0.15) is 0 Å². The highest BCUT2D eigenvalue weighted by molar-refractivity contribution is 9.10. The molecule has 2 aromatic rings. The van der Waals surface area contributed by atoms with E-state index in [9.17, 15) is 4.79 Å². The minimum Gasteiger partial charge on any atom is -0.493 e. The van der Waals surface area contributed by atoms with Gasteiger partial charge in [0.2, 0.25) is 5.91 Å². The second kappa shape index (κ2) is 6.43. The predicted octanol–water partition coefficient (Wildman–Crippen LogP) is 3.14. The van der Waals surface area contributed by atoms with Crippen LogP contribution >= 0.6 is 15.9 Å². The molecule has 0 radical (unpaired) electrons. The van der Waals surface area contributed by atoms with Crippen molar-refractivity contribution in [3.63, 3.8) is 0 Å². The number of methoxy groups -OCH3 is 1. The van der Waals surface area contributed by atoms with Crippen molar-refractivity contribution in [2.75, 3.05) is 7.11 Å². The predicted molar refractivity (Wildman–Crippen MR) is 80.0 cm³/mol. The number of hydrogen-bond acceptors (Lipinski definition) is 3. The van der Waals surface area contributed by atoms with Crippen LogP contribution < -0.4 is 15.2 Å². The maximum Gasteiger partial charge on any atom is 0.249 e. The van der Waals surface area contributed by atoms with Crippen LogP contribution in [0.1, 0.15) is 15.9 Å². The van der Waals surface area contributed by atoms with Gasteiger partial charge in [0.1, 0.15) is 6.61 Å². The highest BCUT2D eigenvalue weighted by atomic mass is 79.9. The lowest BCUT2D eigenvalue weighted by molar-refractivity contribution is 0.0999. The number of amides is 1. The van der Waals surface area contributed by atoms with Crippen LogP contribution in [0, 0.1) is 0 Å². The second-order valence-electron chi connectivity index (χ2n) is 4.12. The van der Waals surface area contributed by atoms with Gasteiger partial charge in [-0.05, 0) is 33.6 Å². The molecule has 0 saturated carbocycles. The standard InChI is InChI=1S/C15H14BrNO3/c1-19-13-8-12(16)11(15(17)18)7-14(13)20-9-10-5-3-2-4-6-10/h2-8H,9H2,1H3,(H2,17,18). The van der Waals surface area contributed by atoms with Crippen LogP contribution in [-0.2, 0) is 6.61 Å². The third kappa shape index (κ3) is 3.30. The zero-order chi connectivity index (χ0) is 14.5. The van der Waals surface area contributed by atoms with E-state index >= 15 is 0 Å². The van der Waals surface area contributed by atoms with E-state index in [-0.39, 0.29) is 0 Å². The third-order valence-corrected chi connectivity index (χ3v) is 3.41. The summed E-state index contributed by atoms with van der Waals surface area (Å²) >= 11 is 3.28. The van der Waals surface area contributed by atoms with Crippen molar-refractivity contribution in [3.8, 4) is 11.5 Å². The Morgan fingerprint density at radius 2 is 1.90 bits per heavy atom. The van der Waals surface area contributed by atoms with E-state index in [1.165, 1.54) is 0 Å². The molecule has 4 nitrogen and oxygen atoms in total. The summed E-state index contributed by atoms with van der Waals surface area (Å²) in [5.74, 6) is 0.496. The van der Waals surface area contributed by atoms with Gasteiger partial charge in [0.15, 0.2) is 11.5 Å². The van der Waals surface area contributed by atoms with Crippen LogP contribution in [0.2, 0.25) is 0 Å². The number of hydrogen-bond donors (Lipinski definition) is 1. The number of halogens is 1. The Labute approximate surface area is 125 Å². The summed E-state index contributed by atoms with van der Waals surface area (Å²) in [6, 6.07) is 13.0. The van der Waals surface area contributed by atoms with Crippen molar-refractivity contribution in [1.29, 1.82) is 0 Å². The summed E-state index contributed by atoms with van der Waals surface area (Å²) in [5, 5.41) is 0. The van der Waals surface area contributed by atoms with Gasteiger partial charge < -0.3 is 15.2 Å². The minimum atomic E-state index is -0.524. The van der Waals surface area contributed by atoms with Gasteiger partial charge in [0, 0.05) is 4.47 Å². The van der Waals surface area contributed by atoms with Gasteiger partial charge in [-0.25, -0.2) is 0 Å². The van der Waals surface area contributed by atoms with Crippen molar-refractivity contribution in [3.05, 3.63) is 58.1 Å². The van der Waals surface area contributed by atoms with Crippen molar-refractivity contribution >= 4 is 21.8 Å². The lowest BCUT2D eigenvalue weighted by Gasteiger charge is -2.13. The fourth-order valence-corrected chi connectivity index (χ4v) is 2.25. The molecule has 0 saturated heterocycles. The second-order valence-corrected chi connectivity index (χ2v) is 4.98. The van der Waals surface area contributed by atoms with Crippen LogP contribution in [0.15, 0.2) is 46.9 Å². The largest absolute Gasteiger partial charge is 0.493 e. The Morgan fingerprint density at radius 1 is 1.20 bits per heavy atom. The number of benzene rings is 2. The maximum atomic E-state index is 11.3. The van der Waals surface area contributed by atoms with Crippen molar-refractivity contribution in [2.24, 2.45) is 5.73 Å². The molecule has 2 aromatic carbocycles. The SMILES string of the molecule is COc1cc(Br)c(C(N)=O)cc1OCc1ccccc1. The van der Waals surface area contributed by atoms with E-state index in [1.807, 2.05) is 30.3 Å². The topological polar surface area (TPSA) is 61.5 Å². The first-order valence-corrected chi connectivity index (χ1v) is 6.75. The Bertz CT molecular complexity index is 614. The number of primary amides is 1. The van der Waals surface area contributed by atoms with E-state index in [0.29, 0.717) is 28.1 Å². The Morgan fingerprint density at radius 3 is 2.50 bits per heavy atom. The summed E-state index contributed by atoms with van der Waals surface area (Å²) < 4.78 is 11.5. The molecule has 104 valence electrons. The van der Waals surface area contributed by atoms with Gasteiger partial charge in [0.25, 0.3) is 0 Å². The van der Waals surface area contributed by atoms with Crippen LogP contribution in [0.4, 0.5) is 0 Å². The first-order chi connectivity index (χ1) is 9.61. The molecule has 0 aliphatic heterocycles. The molecule has 0 spiro atoms. The molecule has 0 atom stereocenters. The number of rotatable bonds is 5. The van der Waals surface area contributed by atoms with Gasteiger partial charge in [0.05, 0.1) is 12.7 Å². The minimum absolute atomic E-state index is 0.355. The molecule has 0 aliphatic rings. The van der Waals surface area contributed by atoms with Gasteiger partial charge in [-0.15, -0.1) is 0 Å². The lowest BCUT2D eigenvalue weighted by Crippen LogP contribution is -2.12. The summed E-state index contributed by atoms with van der Waals surface area (Å²) in [5.41, 5.74) is 6.70. The van der Waals surface area contributed by atoms with Gasteiger partial charge >= 0.3 is 0 Å². The first-order valence-electron chi connectivity index (χ1n) is 5.96. The maximum absolute atomic E-state index is 11.3. The molecule has 5 heteroatoms. The van der Waals surface area contributed by atoms with E-state index in [1.54, 1.807) is 19.2 Å². The van der Waals surface area contributed by atoms with E-state index < -0.39 is 5.91 Å². The highest BCUT2D eigenvalue weighted by Gasteiger charge is 2.13. The van der Waals surface area contributed by atoms with Crippen LogP contribution in [-0.4, -0.2) is 13.0 Å². The van der Waals surface area contributed by atoms with Gasteiger partial charge in [-0.1, -0.05) is 30.3 Å². The molecule has 0 bridgehead atoms. The highest BCUT2D eigenvalue weighted by Crippen LogP contribution is 2.33. The summed E-state index contributed by atoms with van der Waals surface area (Å²) in [6.07, 6.45) is 0. The zero-order valence-corrected chi connectivity index (χ0v) is 12.5. The molecule has 0 fully saturated rings. The molecule has 20 heavy (non-hydrogen) atoms. The molecule has 1 amide bonds. The number of nitrogens with two attached hydrogens (primary N) is 1. The normalized spacial score (nSPS) is 10.1. The average Bonchev–Trinajstić information content (AvgIpc) is 2.46. The molecule has 0 aliphatic carbocycles. The molecule has 0 unspecified atom stereocenters. The summed E-state index contributed by atoms with van der Waals surface area (Å²) in [6.45, 7) is 0.386. The summed E-state index contributed by atoms with van der Waals surface area (Å²) in [4.78, 5) is 11.3. The monoisotopic (exact) mass is 335 g/mol. The number of ether oxygens (including phenoxy) is 2. The Kier molecular flexibility index (Phi) is 4.63. The lowest BCUT2D eigenvalue weighted by atomic mass is 10.2. The van der Waals surface area contributed by atoms with Crippen molar-refractivity contribution < 1.29 is 14.3 Å². The van der Waals surface area contributed by atoms with E-state index in [0.717, 1.165) is 5.56 Å². The summed E-state index contributed by atoms with van der Waals surface area (Å²) in [7, 11) is 1.54. The quantitative estimate of drug-likeness (QED) is 0.912. The molecule has 0 heterocycles. The van der Waals surface area contributed by atoms with E-state index in [2.05, 4.69) is 15.9 Å². The number of carbonyl (C=O) groups is 1. The first kappa shape index (κ1) is 14.4. The van der Waals surface area contributed by atoms with Crippen molar-refractivity contribution in [2.45, 2.75) is 6.61 Å².